The number of ether oxygens (including phenoxy) is 1. The molecular weight excluding hydrogens is 160 g/mol. The Bertz CT molecular complexity index is 178. The molecule has 0 amide bonds. The highest BCUT2D eigenvalue weighted by Gasteiger charge is 2.21. The fourth-order valence-corrected chi connectivity index (χ4v) is 1.06. The summed E-state index contributed by atoms with van der Waals surface area (Å²) in [4.78, 5) is 0. The van der Waals surface area contributed by atoms with Gasteiger partial charge in [-0.25, -0.2) is 0 Å². The van der Waals surface area contributed by atoms with Crippen molar-refractivity contribution in [3.05, 3.63) is 24.3 Å². The minimum Gasteiger partial charge on any atom is -0.374 e. The maximum atomic E-state index is 5.63. The first kappa shape index (κ1) is 10.5. The molecule has 0 saturated heterocycles. The molecule has 1 saturated carbocycles. The molecule has 13 heavy (non-hydrogen) atoms. The third-order valence-corrected chi connectivity index (χ3v) is 2.16. The zero-order valence-electron chi connectivity index (χ0n) is 8.70. The maximum absolute atomic E-state index is 5.63. The maximum Gasteiger partial charge on any atom is 0.0730 e. The van der Waals surface area contributed by atoms with Gasteiger partial charge in [-0.05, 0) is 32.1 Å². The summed E-state index contributed by atoms with van der Waals surface area (Å²) in [6.45, 7) is 5.18. The third-order valence-electron chi connectivity index (χ3n) is 2.16. The van der Waals surface area contributed by atoms with Crippen molar-refractivity contribution in [2.45, 2.75) is 39.2 Å². The van der Waals surface area contributed by atoms with E-state index >= 15 is 0 Å². The molecule has 0 N–H and O–H groups in total. The van der Waals surface area contributed by atoms with Crippen LogP contribution >= 0.6 is 0 Å². The fraction of sp³-hybridized carbons (Fsp3) is 0.667. The summed E-state index contributed by atoms with van der Waals surface area (Å²) in [6.07, 6.45) is 12.5. The molecule has 0 radical (unpaired) electrons. The van der Waals surface area contributed by atoms with Crippen LogP contribution in [0.1, 0.15) is 33.1 Å². The molecule has 1 aliphatic carbocycles. The summed E-state index contributed by atoms with van der Waals surface area (Å²) < 4.78 is 5.63. The zero-order valence-corrected chi connectivity index (χ0v) is 8.70. The molecule has 0 bridgehead atoms. The molecular formula is C12H20O. The van der Waals surface area contributed by atoms with Gasteiger partial charge in [-0.3, -0.25) is 0 Å². The summed E-state index contributed by atoms with van der Waals surface area (Å²) in [5.41, 5.74) is 0. The molecule has 74 valence electrons. The van der Waals surface area contributed by atoms with E-state index in [4.69, 9.17) is 4.74 Å². The van der Waals surface area contributed by atoms with Crippen molar-refractivity contribution in [1.29, 1.82) is 0 Å². The molecule has 0 aliphatic heterocycles. The number of rotatable bonds is 6. The van der Waals surface area contributed by atoms with E-state index in [1.165, 1.54) is 12.8 Å². The summed E-state index contributed by atoms with van der Waals surface area (Å²) in [7, 11) is 0. The van der Waals surface area contributed by atoms with Crippen LogP contribution in [-0.2, 0) is 4.74 Å². The normalized spacial score (nSPS) is 20.2. The van der Waals surface area contributed by atoms with Crippen molar-refractivity contribution in [3.8, 4) is 0 Å². The van der Waals surface area contributed by atoms with Gasteiger partial charge < -0.3 is 4.74 Å². The lowest BCUT2D eigenvalue weighted by molar-refractivity contribution is 0.0887. The van der Waals surface area contributed by atoms with Crippen molar-refractivity contribution in [3.63, 3.8) is 0 Å². The summed E-state index contributed by atoms with van der Waals surface area (Å²) in [5, 5.41) is 0. The van der Waals surface area contributed by atoms with Crippen molar-refractivity contribution in [2.24, 2.45) is 5.92 Å². The molecule has 1 atom stereocenters. The highest BCUT2D eigenvalue weighted by atomic mass is 16.5. The number of allylic oxidation sites excluding steroid dienone is 3. The third kappa shape index (κ3) is 5.64. The van der Waals surface area contributed by atoms with Crippen LogP contribution < -0.4 is 0 Å². The van der Waals surface area contributed by atoms with Crippen LogP contribution in [0.3, 0.4) is 0 Å². The molecule has 1 aliphatic rings. The summed E-state index contributed by atoms with van der Waals surface area (Å²) in [6, 6.07) is 0. The Hall–Kier alpha value is -0.560. The van der Waals surface area contributed by atoms with Crippen LogP contribution in [0.2, 0.25) is 0 Å². The van der Waals surface area contributed by atoms with Gasteiger partial charge in [0.2, 0.25) is 0 Å². The Kier molecular flexibility index (Phi) is 4.84. The average molecular weight is 180 g/mol. The van der Waals surface area contributed by atoms with Gasteiger partial charge in [0, 0.05) is 0 Å². The largest absolute Gasteiger partial charge is 0.374 e. The Morgan fingerprint density at radius 1 is 1.38 bits per heavy atom. The first-order valence-corrected chi connectivity index (χ1v) is 5.28. The average Bonchev–Trinajstić information content (AvgIpc) is 2.92. The van der Waals surface area contributed by atoms with E-state index in [0.717, 1.165) is 18.9 Å². The zero-order chi connectivity index (χ0) is 9.52. The Morgan fingerprint density at radius 3 is 2.77 bits per heavy atom. The van der Waals surface area contributed by atoms with E-state index in [0.29, 0.717) is 0 Å². The molecule has 0 spiro atoms. The highest BCUT2D eigenvalue weighted by Crippen LogP contribution is 2.29. The lowest BCUT2D eigenvalue weighted by atomic mass is 10.3. The molecule has 1 unspecified atom stereocenters. The lowest BCUT2D eigenvalue weighted by Gasteiger charge is -2.06. The van der Waals surface area contributed by atoms with Crippen LogP contribution in [0.5, 0.6) is 0 Å². The topological polar surface area (TPSA) is 9.23 Å². The molecule has 1 fully saturated rings. The molecule has 0 heterocycles. The summed E-state index contributed by atoms with van der Waals surface area (Å²) in [5.74, 6) is 0.863. The minimum absolute atomic E-state index is 0.266. The second kappa shape index (κ2) is 5.98. The number of hydrogen-bond donors (Lipinski definition) is 0. The monoisotopic (exact) mass is 180 g/mol. The Morgan fingerprint density at radius 2 is 2.15 bits per heavy atom. The van der Waals surface area contributed by atoms with Crippen LogP contribution in [0.15, 0.2) is 24.3 Å². The predicted octanol–water partition coefficient (Wildman–Crippen LogP) is 3.32. The number of hydrogen-bond acceptors (Lipinski definition) is 1. The van der Waals surface area contributed by atoms with Gasteiger partial charge in [-0.1, -0.05) is 31.2 Å². The molecule has 0 aromatic heterocycles. The first-order chi connectivity index (χ1) is 6.33. The van der Waals surface area contributed by atoms with E-state index in [-0.39, 0.29) is 6.10 Å². The standard InChI is InChI=1S/C12H20O/c1-3-4-5-6-7-11(2)13-10-12-8-9-12/h4-7,11-12H,3,8-10H2,1-2H3/b5-4-,7-6-. The quantitative estimate of drug-likeness (QED) is 0.570. The second-order valence-corrected chi connectivity index (χ2v) is 3.70. The van der Waals surface area contributed by atoms with E-state index in [1.807, 2.05) is 0 Å². The van der Waals surface area contributed by atoms with Crippen molar-refractivity contribution in [2.75, 3.05) is 6.61 Å². The Labute approximate surface area is 81.5 Å². The van der Waals surface area contributed by atoms with Gasteiger partial charge in [-0.15, -0.1) is 0 Å². The molecule has 1 rings (SSSR count). The molecule has 1 heteroatoms. The van der Waals surface area contributed by atoms with E-state index in [9.17, 15) is 0 Å². The van der Waals surface area contributed by atoms with Gasteiger partial charge in [-0.2, -0.15) is 0 Å². The Balaban J connectivity index is 2.04. The van der Waals surface area contributed by atoms with Crippen LogP contribution in [0.4, 0.5) is 0 Å². The molecule has 1 nitrogen and oxygen atoms in total. The lowest BCUT2D eigenvalue weighted by Crippen LogP contribution is -2.06. The van der Waals surface area contributed by atoms with Crippen LogP contribution in [0, 0.1) is 5.92 Å². The highest BCUT2D eigenvalue weighted by molar-refractivity contribution is 5.04. The van der Waals surface area contributed by atoms with Gasteiger partial charge >= 0.3 is 0 Å². The van der Waals surface area contributed by atoms with E-state index < -0.39 is 0 Å². The van der Waals surface area contributed by atoms with Gasteiger partial charge in [0.05, 0.1) is 12.7 Å². The second-order valence-electron chi connectivity index (χ2n) is 3.70. The van der Waals surface area contributed by atoms with Gasteiger partial charge in [0.25, 0.3) is 0 Å². The van der Waals surface area contributed by atoms with Crippen molar-refractivity contribution in [1.82, 2.24) is 0 Å². The summed E-state index contributed by atoms with van der Waals surface area (Å²) >= 11 is 0. The van der Waals surface area contributed by atoms with Gasteiger partial charge in [0.15, 0.2) is 0 Å². The van der Waals surface area contributed by atoms with Crippen LogP contribution in [-0.4, -0.2) is 12.7 Å². The van der Waals surface area contributed by atoms with Gasteiger partial charge in [0.1, 0.15) is 0 Å². The molecule has 0 aromatic rings. The van der Waals surface area contributed by atoms with Crippen LogP contribution in [0.25, 0.3) is 0 Å². The minimum atomic E-state index is 0.266. The predicted molar refractivity (Wildman–Crippen MR) is 56.7 cm³/mol. The van der Waals surface area contributed by atoms with E-state index in [2.05, 4.69) is 38.2 Å². The van der Waals surface area contributed by atoms with Crippen molar-refractivity contribution >= 4 is 0 Å². The first-order valence-electron chi connectivity index (χ1n) is 5.28. The smallest absolute Gasteiger partial charge is 0.0730 e. The fourth-order valence-electron chi connectivity index (χ4n) is 1.06. The van der Waals surface area contributed by atoms with Crippen molar-refractivity contribution < 1.29 is 4.74 Å². The van der Waals surface area contributed by atoms with E-state index in [1.54, 1.807) is 0 Å². The molecule has 0 aromatic carbocycles. The SMILES string of the molecule is CC/C=C\C=C/C(C)OCC1CC1.